The monoisotopic (exact) mass is 355 g/mol. The van der Waals surface area contributed by atoms with Crippen molar-refractivity contribution in [2.24, 2.45) is 5.92 Å². The third-order valence-electron chi connectivity index (χ3n) is 3.66. The highest BCUT2D eigenvalue weighted by Crippen LogP contribution is 2.23. The second kappa shape index (κ2) is 12.1. The quantitative estimate of drug-likeness (QED) is 0.585. The Kier molecular flexibility index (Phi) is 10.5. The van der Waals surface area contributed by atoms with Crippen molar-refractivity contribution in [1.29, 1.82) is 0 Å². The predicted molar refractivity (Wildman–Crippen MR) is 98.4 cm³/mol. The lowest BCUT2D eigenvalue weighted by molar-refractivity contribution is 0.00335. The maximum atomic E-state index is 10.3. The molecule has 25 heavy (non-hydrogen) atoms. The summed E-state index contributed by atoms with van der Waals surface area (Å²) >= 11 is 0. The Balaban J connectivity index is 2.68. The molecule has 0 saturated carbocycles. The highest BCUT2D eigenvalue weighted by atomic mass is 16.5. The number of methoxy groups -OCH3 is 3. The standard InChI is InChI=1S/C19H33NO5/c1-15(2)13-25-14-17(21)12-20(6-7-22-3)11-16-8-18(23-4)10-19(9-16)24-5/h8-10,15,17,21H,6-7,11-14H2,1-5H3/t17-/m1/s1. The molecule has 6 heteroatoms. The zero-order chi connectivity index (χ0) is 18.7. The molecule has 6 nitrogen and oxygen atoms in total. The van der Waals surface area contributed by atoms with Crippen molar-refractivity contribution in [3.05, 3.63) is 23.8 Å². The molecule has 0 aliphatic heterocycles. The van der Waals surface area contributed by atoms with Crippen molar-refractivity contribution in [2.75, 3.05) is 54.2 Å². The summed E-state index contributed by atoms with van der Waals surface area (Å²) in [5.41, 5.74) is 1.06. The van der Waals surface area contributed by atoms with Gasteiger partial charge >= 0.3 is 0 Å². The van der Waals surface area contributed by atoms with E-state index in [1.807, 2.05) is 18.2 Å². The maximum absolute atomic E-state index is 10.3. The minimum atomic E-state index is -0.539. The fraction of sp³-hybridized carbons (Fsp3) is 0.684. The topological polar surface area (TPSA) is 60.4 Å². The lowest BCUT2D eigenvalue weighted by Gasteiger charge is -2.25. The van der Waals surface area contributed by atoms with Crippen LogP contribution in [0.15, 0.2) is 18.2 Å². The number of aliphatic hydroxyl groups is 1. The van der Waals surface area contributed by atoms with E-state index in [1.54, 1.807) is 21.3 Å². The minimum absolute atomic E-state index is 0.336. The molecule has 1 rings (SSSR count). The predicted octanol–water partition coefficient (Wildman–Crippen LogP) is 2.19. The Bertz CT molecular complexity index is 459. The number of rotatable bonds is 13. The van der Waals surface area contributed by atoms with Gasteiger partial charge in [-0.1, -0.05) is 13.8 Å². The first kappa shape index (κ1) is 21.7. The first-order valence-corrected chi connectivity index (χ1v) is 8.67. The minimum Gasteiger partial charge on any atom is -0.497 e. The Labute approximate surface area is 151 Å². The summed E-state index contributed by atoms with van der Waals surface area (Å²) in [4.78, 5) is 2.14. The zero-order valence-electron chi connectivity index (χ0n) is 16.2. The van der Waals surface area contributed by atoms with Gasteiger partial charge in [-0.25, -0.2) is 0 Å². The molecule has 1 atom stereocenters. The van der Waals surface area contributed by atoms with Gasteiger partial charge in [0.2, 0.25) is 0 Å². The molecule has 1 aromatic carbocycles. The maximum Gasteiger partial charge on any atom is 0.122 e. The van der Waals surface area contributed by atoms with Gasteiger partial charge in [0.1, 0.15) is 11.5 Å². The van der Waals surface area contributed by atoms with Gasteiger partial charge in [-0.15, -0.1) is 0 Å². The Hall–Kier alpha value is -1.34. The normalized spacial score (nSPS) is 12.6. The van der Waals surface area contributed by atoms with Crippen LogP contribution >= 0.6 is 0 Å². The van der Waals surface area contributed by atoms with Gasteiger partial charge in [0.05, 0.1) is 33.5 Å². The molecule has 0 aliphatic carbocycles. The molecular formula is C19H33NO5. The summed E-state index contributed by atoms with van der Waals surface area (Å²) < 4.78 is 21.4. The Morgan fingerprint density at radius 2 is 1.64 bits per heavy atom. The summed E-state index contributed by atoms with van der Waals surface area (Å²) in [5, 5.41) is 10.3. The van der Waals surface area contributed by atoms with E-state index in [0.717, 1.165) is 23.6 Å². The molecule has 1 N–H and O–H groups in total. The molecule has 0 heterocycles. The van der Waals surface area contributed by atoms with E-state index in [1.165, 1.54) is 0 Å². The molecule has 0 aromatic heterocycles. The van der Waals surface area contributed by atoms with Crippen molar-refractivity contribution in [3.63, 3.8) is 0 Å². The van der Waals surface area contributed by atoms with Crippen LogP contribution in [0.2, 0.25) is 0 Å². The lowest BCUT2D eigenvalue weighted by Crippen LogP contribution is -2.36. The SMILES string of the molecule is COCCN(Cc1cc(OC)cc(OC)c1)C[C@@H](O)COCC(C)C. The summed E-state index contributed by atoms with van der Waals surface area (Å²) in [5.74, 6) is 1.96. The van der Waals surface area contributed by atoms with E-state index < -0.39 is 6.10 Å². The van der Waals surface area contributed by atoms with Crippen LogP contribution in [0.25, 0.3) is 0 Å². The van der Waals surface area contributed by atoms with E-state index in [9.17, 15) is 5.11 Å². The molecule has 0 spiro atoms. The molecule has 0 radical (unpaired) electrons. The van der Waals surface area contributed by atoms with E-state index in [0.29, 0.717) is 38.8 Å². The van der Waals surface area contributed by atoms with E-state index in [2.05, 4.69) is 18.7 Å². The van der Waals surface area contributed by atoms with E-state index in [-0.39, 0.29) is 0 Å². The molecule has 144 valence electrons. The third kappa shape index (κ3) is 9.07. The van der Waals surface area contributed by atoms with Crippen molar-refractivity contribution in [1.82, 2.24) is 4.90 Å². The van der Waals surface area contributed by atoms with Crippen molar-refractivity contribution in [2.45, 2.75) is 26.5 Å². The summed E-state index contributed by atoms with van der Waals surface area (Å²) in [6.07, 6.45) is -0.539. The van der Waals surface area contributed by atoms with Crippen LogP contribution in [-0.4, -0.2) is 70.3 Å². The number of aliphatic hydroxyl groups excluding tert-OH is 1. The van der Waals surface area contributed by atoms with Crippen LogP contribution in [0.5, 0.6) is 11.5 Å². The Morgan fingerprint density at radius 3 is 2.16 bits per heavy atom. The number of hydrogen-bond donors (Lipinski definition) is 1. The largest absolute Gasteiger partial charge is 0.497 e. The van der Waals surface area contributed by atoms with Gasteiger partial charge in [0.25, 0.3) is 0 Å². The average molecular weight is 355 g/mol. The lowest BCUT2D eigenvalue weighted by atomic mass is 10.1. The van der Waals surface area contributed by atoms with Gasteiger partial charge in [-0.2, -0.15) is 0 Å². The molecule has 0 saturated heterocycles. The molecule has 0 unspecified atom stereocenters. The number of nitrogens with zero attached hydrogens (tertiary/aromatic N) is 1. The van der Waals surface area contributed by atoms with Crippen LogP contribution < -0.4 is 9.47 Å². The highest BCUT2D eigenvalue weighted by molar-refractivity contribution is 5.38. The Morgan fingerprint density at radius 1 is 1.00 bits per heavy atom. The van der Waals surface area contributed by atoms with Crippen LogP contribution in [0.1, 0.15) is 19.4 Å². The van der Waals surface area contributed by atoms with Gasteiger partial charge in [0, 0.05) is 39.4 Å². The van der Waals surface area contributed by atoms with Crippen LogP contribution in [0.3, 0.4) is 0 Å². The summed E-state index contributed by atoms with van der Waals surface area (Å²) in [6.45, 7) is 7.67. The molecular weight excluding hydrogens is 322 g/mol. The fourth-order valence-corrected chi connectivity index (χ4v) is 2.46. The second-order valence-corrected chi connectivity index (χ2v) is 6.53. The second-order valence-electron chi connectivity index (χ2n) is 6.53. The number of benzene rings is 1. The first-order valence-electron chi connectivity index (χ1n) is 8.67. The van der Waals surface area contributed by atoms with Gasteiger partial charge in [0.15, 0.2) is 0 Å². The van der Waals surface area contributed by atoms with Crippen LogP contribution in [-0.2, 0) is 16.0 Å². The number of ether oxygens (including phenoxy) is 4. The van der Waals surface area contributed by atoms with Crippen LogP contribution in [0.4, 0.5) is 0 Å². The summed E-state index contributed by atoms with van der Waals surface area (Å²) in [6, 6.07) is 5.80. The van der Waals surface area contributed by atoms with Crippen molar-refractivity contribution < 1.29 is 24.1 Å². The molecule has 1 aromatic rings. The van der Waals surface area contributed by atoms with Gasteiger partial charge in [-0.3, -0.25) is 4.90 Å². The molecule has 0 fully saturated rings. The fourth-order valence-electron chi connectivity index (χ4n) is 2.46. The van der Waals surface area contributed by atoms with Gasteiger partial charge in [-0.05, 0) is 23.6 Å². The number of hydrogen-bond acceptors (Lipinski definition) is 6. The van der Waals surface area contributed by atoms with Gasteiger partial charge < -0.3 is 24.1 Å². The summed E-state index contributed by atoms with van der Waals surface area (Å²) in [7, 11) is 4.95. The highest BCUT2D eigenvalue weighted by Gasteiger charge is 2.14. The smallest absolute Gasteiger partial charge is 0.122 e. The zero-order valence-corrected chi connectivity index (χ0v) is 16.2. The van der Waals surface area contributed by atoms with Crippen molar-refractivity contribution >= 4 is 0 Å². The van der Waals surface area contributed by atoms with E-state index in [4.69, 9.17) is 18.9 Å². The molecule has 0 amide bonds. The van der Waals surface area contributed by atoms with Crippen molar-refractivity contribution in [3.8, 4) is 11.5 Å². The van der Waals surface area contributed by atoms with Crippen LogP contribution in [0, 0.1) is 5.92 Å². The molecule has 0 bridgehead atoms. The first-order chi connectivity index (χ1) is 12.0. The average Bonchev–Trinajstić information content (AvgIpc) is 2.58. The van der Waals surface area contributed by atoms with E-state index >= 15 is 0 Å². The third-order valence-corrected chi connectivity index (χ3v) is 3.66. The molecule has 0 aliphatic rings.